The largest absolute Gasteiger partial charge is 0.480 e. The van der Waals surface area contributed by atoms with Crippen molar-refractivity contribution in [1.29, 1.82) is 0 Å². The zero-order valence-corrected chi connectivity index (χ0v) is 11.5. The number of carboxylic acid groups (broad SMARTS) is 1. The van der Waals surface area contributed by atoms with E-state index in [0.717, 1.165) is 5.69 Å². The Kier molecular flexibility index (Phi) is 3.34. The predicted octanol–water partition coefficient (Wildman–Crippen LogP) is 1.11. The van der Waals surface area contributed by atoms with Gasteiger partial charge in [-0.25, -0.2) is 14.8 Å². The highest BCUT2D eigenvalue weighted by atomic mass is 35.5. The Labute approximate surface area is 124 Å². The van der Waals surface area contributed by atoms with Gasteiger partial charge in [0.1, 0.15) is 11.2 Å². The van der Waals surface area contributed by atoms with E-state index < -0.39 is 17.9 Å². The van der Waals surface area contributed by atoms with Crippen LogP contribution in [0.5, 0.6) is 0 Å². The van der Waals surface area contributed by atoms with Crippen molar-refractivity contribution in [2.75, 3.05) is 0 Å². The highest BCUT2D eigenvalue weighted by Gasteiger charge is 2.36. The Hall–Kier alpha value is -2.41. The van der Waals surface area contributed by atoms with Gasteiger partial charge < -0.3 is 15.0 Å². The summed E-state index contributed by atoms with van der Waals surface area (Å²) >= 11 is 5.69. The predicted molar refractivity (Wildman–Crippen MR) is 72.8 cm³/mol. The number of fused-ring (bicyclic) bond motifs is 1. The van der Waals surface area contributed by atoms with Crippen molar-refractivity contribution in [2.45, 2.75) is 19.0 Å². The fourth-order valence-electron chi connectivity index (χ4n) is 2.34. The van der Waals surface area contributed by atoms with Crippen LogP contribution in [-0.2, 0) is 17.8 Å². The normalized spacial score (nSPS) is 17.4. The van der Waals surface area contributed by atoms with Gasteiger partial charge in [-0.3, -0.25) is 4.79 Å². The van der Waals surface area contributed by atoms with Crippen LogP contribution in [0.15, 0.2) is 24.7 Å². The van der Waals surface area contributed by atoms with Crippen molar-refractivity contribution in [2.24, 2.45) is 0 Å². The topological polar surface area (TPSA) is 99.2 Å². The number of imidazole rings is 1. The smallest absolute Gasteiger partial charge is 0.326 e. The van der Waals surface area contributed by atoms with E-state index in [1.165, 1.54) is 29.6 Å². The van der Waals surface area contributed by atoms with Crippen molar-refractivity contribution in [1.82, 2.24) is 19.9 Å². The first-order chi connectivity index (χ1) is 10.1. The lowest BCUT2D eigenvalue weighted by Crippen LogP contribution is -2.48. The van der Waals surface area contributed by atoms with Gasteiger partial charge in [0.15, 0.2) is 0 Å². The van der Waals surface area contributed by atoms with Crippen molar-refractivity contribution >= 4 is 23.5 Å². The van der Waals surface area contributed by atoms with Gasteiger partial charge in [-0.1, -0.05) is 11.6 Å². The SMILES string of the molecule is O=C(O)C1Cc2nc[nH]c2CN1C(=O)c1ccc(Cl)nc1. The number of nitrogens with one attached hydrogen (secondary N) is 1. The van der Waals surface area contributed by atoms with Crippen LogP contribution in [0.3, 0.4) is 0 Å². The van der Waals surface area contributed by atoms with Gasteiger partial charge in [-0.05, 0) is 12.1 Å². The third-order valence-electron chi connectivity index (χ3n) is 3.42. The number of aromatic nitrogens is 3. The molecule has 3 rings (SSSR count). The Balaban J connectivity index is 1.93. The van der Waals surface area contributed by atoms with Crippen LogP contribution in [0.1, 0.15) is 21.7 Å². The second-order valence-electron chi connectivity index (χ2n) is 4.69. The molecule has 2 aromatic rings. The van der Waals surface area contributed by atoms with E-state index in [9.17, 15) is 14.7 Å². The van der Waals surface area contributed by atoms with Crippen molar-refractivity contribution in [3.8, 4) is 0 Å². The Morgan fingerprint density at radius 1 is 1.38 bits per heavy atom. The minimum Gasteiger partial charge on any atom is -0.480 e. The third kappa shape index (κ3) is 2.47. The number of nitrogens with zero attached hydrogens (tertiary/aromatic N) is 3. The number of pyridine rings is 1. The van der Waals surface area contributed by atoms with E-state index in [1.54, 1.807) is 0 Å². The molecule has 2 N–H and O–H groups in total. The second-order valence-corrected chi connectivity index (χ2v) is 5.08. The Morgan fingerprint density at radius 3 is 2.86 bits per heavy atom. The maximum absolute atomic E-state index is 12.5. The molecule has 0 spiro atoms. The highest BCUT2D eigenvalue weighted by molar-refractivity contribution is 6.29. The minimum absolute atomic E-state index is 0.174. The quantitative estimate of drug-likeness (QED) is 0.810. The summed E-state index contributed by atoms with van der Waals surface area (Å²) in [7, 11) is 0. The third-order valence-corrected chi connectivity index (χ3v) is 3.64. The second kappa shape index (κ2) is 5.17. The molecule has 108 valence electrons. The molecule has 21 heavy (non-hydrogen) atoms. The molecular weight excluding hydrogens is 296 g/mol. The van der Waals surface area contributed by atoms with Crippen LogP contribution in [0.25, 0.3) is 0 Å². The number of hydrogen-bond donors (Lipinski definition) is 2. The standard InChI is InChI=1S/C13H11ClN4O3/c14-11-2-1-7(4-15-11)12(19)18-5-9-8(16-6-17-9)3-10(18)13(20)21/h1-2,4,6,10H,3,5H2,(H,16,17)(H,20,21). The minimum atomic E-state index is -1.06. The summed E-state index contributed by atoms with van der Waals surface area (Å²) < 4.78 is 0. The van der Waals surface area contributed by atoms with Crippen molar-refractivity contribution in [3.05, 3.63) is 46.8 Å². The van der Waals surface area contributed by atoms with Crippen LogP contribution < -0.4 is 0 Å². The maximum Gasteiger partial charge on any atom is 0.326 e. The number of aromatic amines is 1. The molecule has 0 fully saturated rings. The molecule has 0 aliphatic carbocycles. The molecule has 1 amide bonds. The summed E-state index contributed by atoms with van der Waals surface area (Å²) in [5, 5.41) is 9.62. The van der Waals surface area contributed by atoms with E-state index in [1.807, 2.05) is 0 Å². The summed E-state index contributed by atoms with van der Waals surface area (Å²) in [6, 6.07) is 2.08. The lowest BCUT2D eigenvalue weighted by Gasteiger charge is -2.32. The number of carbonyl (C=O) groups is 2. The van der Waals surface area contributed by atoms with E-state index in [-0.39, 0.29) is 18.1 Å². The number of carboxylic acids is 1. The first-order valence-corrected chi connectivity index (χ1v) is 6.60. The van der Waals surface area contributed by atoms with Gasteiger partial charge in [-0.2, -0.15) is 0 Å². The summed E-state index contributed by atoms with van der Waals surface area (Å²) in [6.45, 7) is 0.174. The number of halogens is 1. The number of amides is 1. The van der Waals surface area contributed by atoms with E-state index in [4.69, 9.17) is 11.6 Å². The lowest BCUT2D eigenvalue weighted by atomic mass is 10.0. The van der Waals surface area contributed by atoms with E-state index >= 15 is 0 Å². The van der Waals surface area contributed by atoms with Gasteiger partial charge in [0.2, 0.25) is 0 Å². The zero-order chi connectivity index (χ0) is 15.0. The summed E-state index contributed by atoms with van der Waals surface area (Å²) in [4.78, 5) is 36.1. The number of rotatable bonds is 2. The molecule has 0 radical (unpaired) electrons. The average molecular weight is 307 g/mol. The molecule has 2 aromatic heterocycles. The van der Waals surface area contributed by atoms with Gasteiger partial charge in [0.05, 0.1) is 29.8 Å². The molecular formula is C13H11ClN4O3. The van der Waals surface area contributed by atoms with Crippen LogP contribution >= 0.6 is 11.6 Å². The monoisotopic (exact) mass is 306 g/mol. The molecule has 1 atom stereocenters. The number of hydrogen-bond acceptors (Lipinski definition) is 4. The van der Waals surface area contributed by atoms with Gasteiger partial charge in [0, 0.05) is 12.6 Å². The first kappa shape index (κ1) is 13.6. The van der Waals surface area contributed by atoms with Crippen molar-refractivity contribution < 1.29 is 14.7 Å². The van der Waals surface area contributed by atoms with Gasteiger partial charge in [-0.15, -0.1) is 0 Å². The fraction of sp³-hybridized carbons (Fsp3) is 0.231. The molecule has 3 heterocycles. The zero-order valence-electron chi connectivity index (χ0n) is 10.8. The van der Waals surface area contributed by atoms with Crippen LogP contribution in [0.4, 0.5) is 0 Å². The molecule has 1 aliphatic heterocycles. The van der Waals surface area contributed by atoms with E-state index in [0.29, 0.717) is 11.3 Å². The molecule has 0 bridgehead atoms. The molecule has 0 aromatic carbocycles. The Bertz CT molecular complexity index is 698. The Morgan fingerprint density at radius 2 is 2.19 bits per heavy atom. The van der Waals surface area contributed by atoms with Crippen LogP contribution in [0, 0.1) is 0 Å². The summed E-state index contributed by atoms with van der Waals surface area (Å²) in [5.41, 5.74) is 1.73. The highest BCUT2D eigenvalue weighted by Crippen LogP contribution is 2.23. The number of carbonyl (C=O) groups excluding carboxylic acids is 1. The number of aliphatic carboxylic acids is 1. The van der Waals surface area contributed by atoms with Crippen molar-refractivity contribution in [3.63, 3.8) is 0 Å². The summed E-state index contributed by atoms with van der Waals surface area (Å²) in [5.74, 6) is -1.45. The molecule has 0 saturated heterocycles. The molecule has 1 unspecified atom stereocenters. The molecule has 7 nitrogen and oxygen atoms in total. The fourth-order valence-corrected chi connectivity index (χ4v) is 2.45. The van der Waals surface area contributed by atoms with E-state index in [2.05, 4.69) is 15.0 Å². The van der Waals surface area contributed by atoms with Crippen LogP contribution in [0.2, 0.25) is 5.15 Å². The lowest BCUT2D eigenvalue weighted by molar-refractivity contribution is -0.142. The average Bonchev–Trinajstić information content (AvgIpc) is 2.93. The number of H-pyrrole nitrogens is 1. The summed E-state index contributed by atoms with van der Waals surface area (Å²) in [6.07, 6.45) is 3.02. The first-order valence-electron chi connectivity index (χ1n) is 6.22. The molecule has 8 heteroatoms. The maximum atomic E-state index is 12.5. The van der Waals surface area contributed by atoms with Gasteiger partial charge >= 0.3 is 5.97 Å². The van der Waals surface area contributed by atoms with Gasteiger partial charge in [0.25, 0.3) is 5.91 Å². The molecule has 0 saturated carbocycles. The van der Waals surface area contributed by atoms with Crippen LogP contribution in [-0.4, -0.2) is 42.9 Å². The molecule has 1 aliphatic rings.